The molecule has 1 aliphatic carbocycles. The summed E-state index contributed by atoms with van der Waals surface area (Å²) >= 11 is 3.42. The van der Waals surface area contributed by atoms with Gasteiger partial charge in [0.1, 0.15) is 5.75 Å². The van der Waals surface area contributed by atoms with Crippen LogP contribution in [0.4, 0.5) is 0 Å². The molecule has 0 saturated heterocycles. The molecule has 3 heteroatoms. The fourth-order valence-electron chi connectivity index (χ4n) is 2.07. The predicted octanol–water partition coefficient (Wildman–Crippen LogP) is 3.41. The van der Waals surface area contributed by atoms with E-state index in [0.717, 1.165) is 34.9 Å². The second-order valence-corrected chi connectivity index (χ2v) is 4.99. The molecule has 1 N–H and O–H groups in total. The molecule has 2 rings (SSSR count). The van der Waals surface area contributed by atoms with E-state index >= 15 is 0 Å². The fraction of sp³-hybridized carbons (Fsp3) is 0.417. The Morgan fingerprint density at radius 1 is 1.47 bits per heavy atom. The molecule has 0 spiro atoms. The summed E-state index contributed by atoms with van der Waals surface area (Å²) < 4.78 is 0.840. The summed E-state index contributed by atoms with van der Waals surface area (Å²) in [5.74, 6) is 0.269. The Morgan fingerprint density at radius 3 is 2.60 bits per heavy atom. The number of aryl methyl sites for hydroxylation is 1. The van der Waals surface area contributed by atoms with Gasteiger partial charge in [0.05, 0.1) is 11.5 Å². The molecule has 1 aromatic rings. The van der Waals surface area contributed by atoms with Crippen molar-refractivity contribution in [3.8, 4) is 11.8 Å². The summed E-state index contributed by atoms with van der Waals surface area (Å²) in [6.45, 7) is 1.86. The van der Waals surface area contributed by atoms with Crippen LogP contribution < -0.4 is 0 Å². The maximum Gasteiger partial charge on any atom is 0.124 e. The SMILES string of the molecule is Cc1ccc(Br)c(C2(C#N)CCC2)c1O. The Morgan fingerprint density at radius 2 is 2.13 bits per heavy atom. The number of hydrogen-bond donors (Lipinski definition) is 1. The smallest absolute Gasteiger partial charge is 0.124 e. The van der Waals surface area contributed by atoms with Crippen molar-refractivity contribution >= 4 is 15.9 Å². The highest BCUT2D eigenvalue weighted by atomic mass is 79.9. The normalized spacial score (nSPS) is 17.9. The van der Waals surface area contributed by atoms with Crippen LogP contribution in [0.25, 0.3) is 0 Å². The van der Waals surface area contributed by atoms with E-state index in [-0.39, 0.29) is 5.75 Å². The highest BCUT2D eigenvalue weighted by molar-refractivity contribution is 9.10. The molecule has 0 heterocycles. The zero-order valence-electron chi connectivity index (χ0n) is 8.55. The molecule has 0 bridgehead atoms. The van der Waals surface area contributed by atoms with Gasteiger partial charge in [0.25, 0.3) is 0 Å². The zero-order chi connectivity index (χ0) is 11.1. The molecule has 1 saturated carbocycles. The van der Waals surface area contributed by atoms with E-state index in [2.05, 4.69) is 22.0 Å². The van der Waals surface area contributed by atoms with Crippen LogP contribution >= 0.6 is 15.9 Å². The maximum absolute atomic E-state index is 10.0. The highest BCUT2D eigenvalue weighted by Gasteiger charge is 2.42. The van der Waals surface area contributed by atoms with Crippen molar-refractivity contribution in [2.24, 2.45) is 0 Å². The number of nitriles is 1. The molecule has 1 aliphatic rings. The first-order valence-corrected chi connectivity index (χ1v) is 5.80. The standard InChI is InChI=1S/C12H12BrNO/c1-8-3-4-9(13)10(11(8)15)12(7-14)5-2-6-12/h3-4,15H,2,5-6H2,1H3. The molecule has 15 heavy (non-hydrogen) atoms. The van der Waals surface area contributed by atoms with Crippen LogP contribution in [0.15, 0.2) is 16.6 Å². The molecular weight excluding hydrogens is 254 g/mol. The number of halogens is 1. The first-order chi connectivity index (χ1) is 7.10. The summed E-state index contributed by atoms with van der Waals surface area (Å²) in [5, 5.41) is 19.3. The molecular formula is C12H12BrNO. The van der Waals surface area contributed by atoms with Gasteiger partial charge in [-0.05, 0) is 37.8 Å². The largest absolute Gasteiger partial charge is 0.507 e. The first-order valence-electron chi connectivity index (χ1n) is 5.00. The maximum atomic E-state index is 10.0. The third-order valence-electron chi connectivity index (χ3n) is 3.23. The molecule has 0 unspecified atom stereocenters. The Balaban J connectivity index is 2.62. The van der Waals surface area contributed by atoms with Crippen LogP contribution in [0.3, 0.4) is 0 Å². The average Bonchev–Trinajstić information content (AvgIpc) is 2.16. The van der Waals surface area contributed by atoms with Gasteiger partial charge < -0.3 is 5.11 Å². The second kappa shape index (κ2) is 3.53. The second-order valence-electron chi connectivity index (χ2n) is 4.14. The Labute approximate surface area is 97.7 Å². The molecule has 0 aliphatic heterocycles. The Kier molecular flexibility index (Phi) is 2.47. The van der Waals surface area contributed by atoms with E-state index < -0.39 is 5.41 Å². The van der Waals surface area contributed by atoms with Gasteiger partial charge in [0.2, 0.25) is 0 Å². The lowest BCUT2D eigenvalue weighted by molar-refractivity contribution is 0.309. The molecule has 1 fully saturated rings. The van der Waals surface area contributed by atoms with Crippen LogP contribution in [0.5, 0.6) is 5.75 Å². The summed E-state index contributed by atoms with van der Waals surface area (Å²) in [7, 11) is 0. The molecule has 78 valence electrons. The number of nitrogens with zero attached hydrogens (tertiary/aromatic N) is 1. The number of rotatable bonds is 1. The average molecular weight is 266 g/mol. The lowest BCUT2D eigenvalue weighted by atomic mass is 9.65. The lowest BCUT2D eigenvalue weighted by Crippen LogP contribution is -2.32. The molecule has 1 aromatic carbocycles. The number of aromatic hydroxyl groups is 1. The first kappa shape index (κ1) is 10.5. The van der Waals surface area contributed by atoms with Crippen molar-refractivity contribution in [3.63, 3.8) is 0 Å². The highest BCUT2D eigenvalue weighted by Crippen LogP contribution is 2.49. The van der Waals surface area contributed by atoms with Crippen molar-refractivity contribution in [1.29, 1.82) is 5.26 Å². The van der Waals surface area contributed by atoms with Crippen molar-refractivity contribution in [2.75, 3.05) is 0 Å². The quantitative estimate of drug-likeness (QED) is 0.846. The number of phenolic OH excluding ortho intramolecular Hbond substituents is 1. The van der Waals surface area contributed by atoms with E-state index in [4.69, 9.17) is 0 Å². The minimum Gasteiger partial charge on any atom is -0.507 e. The summed E-state index contributed by atoms with van der Waals surface area (Å²) in [6, 6.07) is 6.11. The third-order valence-corrected chi connectivity index (χ3v) is 3.89. The number of phenols is 1. The molecule has 2 nitrogen and oxygen atoms in total. The zero-order valence-corrected chi connectivity index (χ0v) is 10.1. The van der Waals surface area contributed by atoms with Crippen molar-refractivity contribution in [2.45, 2.75) is 31.6 Å². The van der Waals surface area contributed by atoms with Gasteiger partial charge in [0.15, 0.2) is 0 Å². The van der Waals surface area contributed by atoms with Gasteiger partial charge in [-0.1, -0.05) is 22.0 Å². The van der Waals surface area contributed by atoms with Crippen LogP contribution in [0.2, 0.25) is 0 Å². The van der Waals surface area contributed by atoms with E-state index in [1.54, 1.807) is 0 Å². The van der Waals surface area contributed by atoms with Gasteiger partial charge in [-0.25, -0.2) is 0 Å². The molecule has 0 atom stereocenters. The van der Waals surface area contributed by atoms with Crippen molar-refractivity contribution in [1.82, 2.24) is 0 Å². The third kappa shape index (κ3) is 1.44. The van der Waals surface area contributed by atoms with E-state index in [1.807, 2.05) is 19.1 Å². The van der Waals surface area contributed by atoms with Gasteiger partial charge in [-0.3, -0.25) is 0 Å². The Hall–Kier alpha value is -1.01. The molecule has 0 amide bonds. The van der Waals surface area contributed by atoms with E-state index in [1.165, 1.54) is 0 Å². The minimum absolute atomic E-state index is 0.269. The van der Waals surface area contributed by atoms with Gasteiger partial charge in [0, 0.05) is 10.0 Å². The number of benzene rings is 1. The van der Waals surface area contributed by atoms with Crippen molar-refractivity contribution in [3.05, 3.63) is 27.7 Å². The van der Waals surface area contributed by atoms with E-state index in [9.17, 15) is 10.4 Å². The monoisotopic (exact) mass is 265 g/mol. The van der Waals surface area contributed by atoms with Crippen LogP contribution in [-0.4, -0.2) is 5.11 Å². The number of hydrogen-bond acceptors (Lipinski definition) is 2. The predicted molar refractivity (Wildman–Crippen MR) is 61.7 cm³/mol. The van der Waals surface area contributed by atoms with Gasteiger partial charge >= 0.3 is 0 Å². The molecule has 0 radical (unpaired) electrons. The van der Waals surface area contributed by atoms with Gasteiger partial charge in [-0.15, -0.1) is 0 Å². The van der Waals surface area contributed by atoms with Crippen LogP contribution in [-0.2, 0) is 5.41 Å². The Bertz CT molecular complexity index is 444. The van der Waals surface area contributed by atoms with Gasteiger partial charge in [-0.2, -0.15) is 5.26 Å². The van der Waals surface area contributed by atoms with Crippen LogP contribution in [0, 0.1) is 18.3 Å². The summed E-state index contributed by atoms with van der Waals surface area (Å²) in [4.78, 5) is 0. The minimum atomic E-state index is -0.463. The fourth-order valence-corrected chi connectivity index (χ4v) is 2.77. The summed E-state index contributed by atoms with van der Waals surface area (Å²) in [5.41, 5.74) is 1.14. The molecule has 0 aromatic heterocycles. The van der Waals surface area contributed by atoms with E-state index in [0.29, 0.717) is 0 Å². The lowest BCUT2D eigenvalue weighted by Gasteiger charge is -2.37. The topological polar surface area (TPSA) is 44.0 Å². The van der Waals surface area contributed by atoms with Crippen molar-refractivity contribution < 1.29 is 5.11 Å². The summed E-state index contributed by atoms with van der Waals surface area (Å²) in [6.07, 6.45) is 2.76. The van der Waals surface area contributed by atoms with Crippen LogP contribution in [0.1, 0.15) is 30.4 Å².